The Balaban J connectivity index is 1.50. The number of para-hydroxylation sites is 1. The van der Waals surface area contributed by atoms with Gasteiger partial charge in [0.1, 0.15) is 11.5 Å². The maximum absolute atomic E-state index is 14.9. The van der Waals surface area contributed by atoms with Crippen molar-refractivity contribution in [3.8, 4) is 0 Å². The highest BCUT2D eigenvalue weighted by molar-refractivity contribution is 6.18. The zero-order valence-electron chi connectivity index (χ0n) is 23.7. The molecule has 4 aromatic rings. The SMILES string of the molecule is CCCc1ccc(C(=O)[C@@H]2[C@H](C(=O)c3ccccc3)N3c4ccc(C)cc4C=C[C@@H]3[C@@]23C(=O)Nc2ccccc23)cc1. The predicted octanol–water partition coefficient (Wildman–Crippen LogP) is 6.80. The number of hydrogen-bond acceptors (Lipinski definition) is 4. The van der Waals surface area contributed by atoms with Crippen molar-refractivity contribution < 1.29 is 14.4 Å². The van der Waals surface area contributed by atoms with Crippen molar-refractivity contribution in [1.82, 2.24) is 0 Å². The Hall–Kier alpha value is -4.77. The summed E-state index contributed by atoms with van der Waals surface area (Å²) in [5, 5.41) is 3.09. The third kappa shape index (κ3) is 3.73. The number of carbonyl (C=O) groups is 3. The van der Waals surface area contributed by atoms with E-state index in [0.717, 1.165) is 40.8 Å². The van der Waals surface area contributed by atoms with Crippen LogP contribution in [0.1, 0.15) is 56.3 Å². The summed E-state index contributed by atoms with van der Waals surface area (Å²) in [5.41, 5.74) is 5.25. The molecule has 1 spiro atoms. The third-order valence-electron chi connectivity index (χ3n) is 9.17. The quantitative estimate of drug-likeness (QED) is 0.267. The van der Waals surface area contributed by atoms with E-state index in [9.17, 15) is 14.4 Å². The highest BCUT2D eigenvalue weighted by Gasteiger charge is 2.70. The molecule has 0 bridgehead atoms. The van der Waals surface area contributed by atoms with Crippen LogP contribution in [0, 0.1) is 12.8 Å². The molecule has 1 saturated heterocycles. The van der Waals surface area contributed by atoms with Gasteiger partial charge in [0.25, 0.3) is 0 Å². The lowest BCUT2D eigenvalue weighted by molar-refractivity contribution is -0.121. The van der Waals surface area contributed by atoms with Gasteiger partial charge in [0, 0.05) is 22.5 Å². The van der Waals surface area contributed by atoms with Gasteiger partial charge in [0.2, 0.25) is 5.91 Å². The first kappa shape index (κ1) is 26.1. The van der Waals surface area contributed by atoms with Gasteiger partial charge >= 0.3 is 0 Å². The molecule has 0 radical (unpaired) electrons. The Morgan fingerprint density at radius 1 is 0.857 bits per heavy atom. The van der Waals surface area contributed by atoms with Gasteiger partial charge in [-0.15, -0.1) is 0 Å². The van der Waals surface area contributed by atoms with Crippen LogP contribution in [0.3, 0.4) is 0 Å². The smallest absolute Gasteiger partial charge is 0.238 e. The molecule has 0 aromatic heterocycles. The summed E-state index contributed by atoms with van der Waals surface area (Å²) in [5.74, 6) is -1.58. The molecule has 0 aliphatic carbocycles. The maximum atomic E-state index is 14.9. The Morgan fingerprint density at radius 3 is 2.33 bits per heavy atom. The molecule has 1 N–H and O–H groups in total. The predicted molar refractivity (Wildman–Crippen MR) is 166 cm³/mol. The van der Waals surface area contributed by atoms with Gasteiger partial charge in [-0.05, 0) is 48.2 Å². The van der Waals surface area contributed by atoms with Crippen molar-refractivity contribution >= 4 is 34.9 Å². The molecule has 0 unspecified atom stereocenters. The standard InChI is InChI=1S/C37H32N2O3/c1-3-9-24-15-17-26(18-16-24)34(40)32-33(35(41)25-10-5-4-6-11-25)39-30-20-14-23(2)22-27(30)19-21-31(39)37(32)28-12-7-8-13-29(28)38-36(37)42/h4-8,10-22,31-33H,3,9H2,1-2H3,(H,38,42)/t31-,32+,33-,37-/m1/s1. The van der Waals surface area contributed by atoms with Gasteiger partial charge < -0.3 is 10.2 Å². The first-order chi connectivity index (χ1) is 20.4. The van der Waals surface area contributed by atoms with E-state index in [0.29, 0.717) is 16.8 Å². The zero-order valence-corrected chi connectivity index (χ0v) is 23.7. The van der Waals surface area contributed by atoms with Crippen molar-refractivity contribution in [2.75, 3.05) is 10.2 Å². The number of rotatable bonds is 6. The van der Waals surface area contributed by atoms with Crippen molar-refractivity contribution in [3.63, 3.8) is 0 Å². The van der Waals surface area contributed by atoms with Gasteiger partial charge in [0.05, 0.1) is 12.0 Å². The zero-order chi connectivity index (χ0) is 29.0. The number of ketones is 2. The molecular weight excluding hydrogens is 520 g/mol. The molecular formula is C37H32N2O3. The first-order valence-corrected chi connectivity index (χ1v) is 14.7. The maximum Gasteiger partial charge on any atom is 0.238 e. The van der Waals surface area contributed by atoms with Crippen LogP contribution in [0.25, 0.3) is 6.08 Å². The van der Waals surface area contributed by atoms with Crippen molar-refractivity contribution in [3.05, 3.63) is 137 Å². The number of nitrogens with zero attached hydrogens (tertiary/aromatic N) is 1. The van der Waals surface area contributed by atoms with Crippen molar-refractivity contribution in [2.45, 2.75) is 44.2 Å². The van der Waals surface area contributed by atoms with Gasteiger partial charge in [-0.3, -0.25) is 14.4 Å². The number of anilines is 2. The molecule has 208 valence electrons. The number of nitrogens with one attached hydrogen (secondary N) is 1. The van der Waals surface area contributed by atoms with Gasteiger partial charge in [-0.25, -0.2) is 0 Å². The minimum absolute atomic E-state index is 0.169. The molecule has 5 nitrogen and oxygen atoms in total. The average molecular weight is 553 g/mol. The summed E-state index contributed by atoms with van der Waals surface area (Å²) in [7, 11) is 0. The number of amides is 1. The molecule has 42 heavy (non-hydrogen) atoms. The summed E-state index contributed by atoms with van der Waals surface area (Å²) in [6, 6.07) is 29.1. The third-order valence-corrected chi connectivity index (χ3v) is 9.17. The van der Waals surface area contributed by atoms with Crippen LogP contribution < -0.4 is 10.2 Å². The second-order valence-electron chi connectivity index (χ2n) is 11.6. The van der Waals surface area contributed by atoms with Crippen LogP contribution >= 0.6 is 0 Å². The molecule has 7 rings (SSSR count). The number of fused-ring (bicyclic) bond motifs is 6. The van der Waals surface area contributed by atoms with Gasteiger partial charge in [-0.1, -0.05) is 110 Å². The lowest BCUT2D eigenvalue weighted by Crippen LogP contribution is -2.51. The number of Topliss-reactive ketones (excluding diaryl/α,β-unsaturated/α-hetero) is 2. The van der Waals surface area contributed by atoms with Gasteiger partial charge in [-0.2, -0.15) is 0 Å². The van der Waals surface area contributed by atoms with E-state index in [1.165, 1.54) is 0 Å². The summed E-state index contributed by atoms with van der Waals surface area (Å²) >= 11 is 0. The highest BCUT2D eigenvalue weighted by Crippen LogP contribution is 2.58. The molecule has 3 aliphatic rings. The summed E-state index contributed by atoms with van der Waals surface area (Å²) in [6.07, 6.45) is 5.98. The second kappa shape index (κ2) is 9.95. The van der Waals surface area contributed by atoms with E-state index in [-0.39, 0.29) is 17.5 Å². The van der Waals surface area contributed by atoms with Crippen LogP contribution in [0.15, 0.2) is 103 Å². The van der Waals surface area contributed by atoms with Crippen LogP contribution in [-0.4, -0.2) is 29.6 Å². The lowest BCUT2D eigenvalue weighted by atomic mass is 9.64. The van der Waals surface area contributed by atoms with Crippen molar-refractivity contribution in [1.29, 1.82) is 0 Å². The van der Waals surface area contributed by atoms with E-state index in [4.69, 9.17) is 0 Å². The van der Waals surface area contributed by atoms with E-state index < -0.39 is 23.4 Å². The fourth-order valence-electron chi connectivity index (χ4n) is 7.38. The number of aryl methyl sites for hydroxylation is 2. The highest BCUT2D eigenvalue weighted by atomic mass is 16.2. The van der Waals surface area contributed by atoms with Crippen molar-refractivity contribution in [2.24, 2.45) is 5.92 Å². The van der Waals surface area contributed by atoms with E-state index in [2.05, 4.69) is 23.2 Å². The second-order valence-corrected chi connectivity index (χ2v) is 11.6. The molecule has 0 saturated carbocycles. The number of benzene rings is 4. The summed E-state index contributed by atoms with van der Waals surface area (Å²) in [4.78, 5) is 46.1. The Bertz CT molecular complexity index is 1760. The number of carbonyl (C=O) groups excluding carboxylic acids is 3. The molecule has 1 amide bonds. The number of hydrogen-bond donors (Lipinski definition) is 1. The first-order valence-electron chi connectivity index (χ1n) is 14.7. The van der Waals surface area contributed by atoms with Crippen LogP contribution in [0.4, 0.5) is 11.4 Å². The normalized spacial score (nSPS) is 23.3. The minimum Gasteiger partial charge on any atom is -0.352 e. The van der Waals surface area contributed by atoms with Crippen LogP contribution in [-0.2, 0) is 16.6 Å². The van der Waals surface area contributed by atoms with Gasteiger partial charge in [0.15, 0.2) is 11.6 Å². The van der Waals surface area contributed by atoms with E-state index in [1.54, 1.807) is 12.1 Å². The molecule has 3 aliphatic heterocycles. The Labute approximate surface area is 245 Å². The Morgan fingerprint density at radius 2 is 1.57 bits per heavy atom. The van der Waals surface area contributed by atoms with E-state index >= 15 is 0 Å². The summed E-state index contributed by atoms with van der Waals surface area (Å²) < 4.78 is 0. The van der Waals surface area contributed by atoms with E-state index in [1.807, 2.05) is 97.9 Å². The van der Waals surface area contributed by atoms with Crippen LogP contribution in [0.5, 0.6) is 0 Å². The van der Waals surface area contributed by atoms with Crippen LogP contribution in [0.2, 0.25) is 0 Å². The average Bonchev–Trinajstić information content (AvgIpc) is 3.49. The molecule has 4 atom stereocenters. The molecule has 1 fully saturated rings. The topological polar surface area (TPSA) is 66.5 Å². The minimum atomic E-state index is -1.30. The fourth-order valence-corrected chi connectivity index (χ4v) is 7.38. The molecule has 3 heterocycles. The lowest BCUT2D eigenvalue weighted by Gasteiger charge is -2.37. The molecule has 4 aromatic carbocycles. The summed E-state index contributed by atoms with van der Waals surface area (Å²) in [6.45, 7) is 4.16. The largest absolute Gasteiger partial charge is 0.352 e. The fraction of sp³-hybridized carbons (Fsp3) is 0.216. The molecule has 5 heteroatoms. The Kier molecular flexibility index (Phi) is 6.19. The monoisotopic (exact) mass is 552 g/mol.